The SMILES string of the molecule is CC1COCC(C)N1c1cc(C2(S(C)(=O)=O)CC2)nc(-c2ccc(NC(=O)NC3CC3)cc2)n1. The molecule has 2 aromatic rings. The summed E-state index contributed by atoms with van der Waals surface area (Å²) in [5.41, 5.74) is 1.98. The number of hydrogen-bond acceptors (Lipinski definition) is 7. The Balaban J connectivity index is 1.50. The molecule has 34 heavy (non-hydrogen) atoms. The molecule has 3 aliphatic rings. The van der Waals surface area contributed by atoms with E-state index in [9.17, 15) is 13.2 Å². The number of urea groups is 1. The van der Waals surface area contributed by atoms with E-state index in [0.717, 1.165) is 18.4 Å². The van der Waals surface area contributed by atoms with E-state index in [1.54, 1.807) is 12.1 Å². The largest absolute Gasteiger partial charge is 0.377 e. The van der Waals surface area contributed by atoms with Crippen molar-refractivity contribution in [3.8, 4) is 11.4 Å². The molecule has 182 valence electrons. The molecule has 1 aromatic carbocycles. The Morgan fingerprint density at radius 2 is 1.74 bits per heavy atom. The zero-order valence-corrected chi connectivity index (χ0v) is 20.6. The van der Waals surface area contributed by atoms with E-state index in [0.29, 0.717) is 49.1 Å². The molecule has 2 N–H and O–H groups in total. The van der Waals surface area contributed by atoms with Crippen LogP contribution in [0.25, 0.3) is 11.4 Å². The monoisotopic (exact) mass is 485 g/mol. The van der Waals surface area contributed by atoms with E-state index in [1.165, 1.54) is 6.26 Å². The maximum Gasteiger partial charge on any atom is 0.319 e. The fourth-order valence-corrected chi connectivity index (χ4v) is 5.93. The van der Waals surface area contributed by atoms with Crippen LogP contribution in [0.2, 0.25) is 0 Å². The normalized spacial score (nSPS) is 23.9. The van der Waals surface area contributed by atoms with Gasteiger partial charge in [-0.3, -0.25) is 0 Å². The number of ether oxygens (including phenoxy) is 1. The van der Waals surface area contributed by atoms with Crippen LogP contribution in [0.5, 0.6) is 0 Å². The number of anilines is 2. The number of nitrogens with one attached hydrogen (secondary N) is 2. The van der Waals surface area contributed by atoms with Crippen LogP contribution in [0, 0.1) is 0 Å². The fraction of sp³-hybridized carbons (Fsp3) is 0.542. The lowest BCUT2D eigenvalue weighted by atomic mass is 10.1. The van der Waals surface area contributed by atoms with Gasteiger partial charge in [-0.15, -0.1) is 0 Å². The third kappa shape index (κ3) is 4.48. The zero-order valence-electron chi connectivity index (χ0n) is 19.7. The Hall–Kier alpha value is -2.72. The minimum Gasteiger partial charge on any atom is -0.377 e. The summed E-state index contributed by atoms with van der Waals surface area (Å²) in [6, 6.07) is 9.42. The predicted octanol–water partition coefficient (Wildman–Crippen LogP) is 3.07. The number of carbonyl (C=O) groups excluding carboxylic acids is 1. The molecule has 10 heteroatoms. The molecule has 1 saturated heterocycles. The molecular formula is C24H31N5O4S. The maximum atomic E-state index is 12.7. The first-order chi connectivity index (χ1) is 16.2. The van der Waals surface area contributed by atoms with Gasteiger partial charge in [0.05, 0.1) is 31.0 Å². The molecule has 2 amide bonds. The van der Waals surface area contributed by atoms with Gasteiger partial charge < -0.3 is 20.3 Å². The van der Waals surface area contributed by atoms with Gasteiger partial charge in [0.15, 0.2) is 15.7 Å². The van der Waals surface area contributed by atoms with Crippen molar-refractivity contribution in [2.75, 3.05) is 29.7 Å². The van der Waals surface area contributed by atoms with Gasteiger partial charge in [-0.2, -0.15) is 0 Å². The molecular weight excluding hydrogens is 454 g/mol. The summed E-state index contributed by atoms with van der Waals surface area (Å²) in [4.78, 5) is 23.8. The van der Waals surface area contributed by atoms with Gasteiger partial charge in [-0.1, -0.05) is 0 Å². The highest BCUT2D eigenvalue weighted by Gasteiger charge is 2.55. The molecule has 2 saturated carbocycles. The van der Waals surface area contributed by atoms with Crippen molar-refractivity contribution in [3.63, 3.8) is 0 Å². The summed E-state index contributed by atoms with van der Waals surface area (Å²) < 4.78 is 30.1. The topological polar surface area (TPSA) is 114 Å². The summed E-state index contributed by atoms with van der Waals surface area (Å²) in [5.74, 6) is 1.19. The van der Waals surface area contributed by atoms with Crippen LogP contribution >= 0.6 is 0 Å². The third-order valence-electron chi connectivity index (χ3n) is 6.84. The molecule has 1 aliphatic heterocycles. The number of benzene rings is 1. The second-order valence-electron chi connectivity index (χ2n) is 9.79. The number of amides is 2. The number of sulfone groups is 1. The first-order valence-electron chi connectivity index (χ1n) is 11.8. The Morgan fingerprint density at radius 1 is 1.09 bits per heavy atom. The van der Waals surface area contributed by atoms with E-state index in [2.05, 4.69) is 29.4 Å². The standard InChI is InChI=1S/C24H31N5O4S/c1-15-13-33-14-16(2)29(15)21-12-20(24(10-11-24)34(3,31)32)27-22(28-21)17-4-6-18(7-5-17)25-23(30)26-19-8-9-19/h4-7,12,15-16,19H,8-11,13-14H2,1-3H3,(H2,25,26,30). The molecule has 0 bridgehead atoms. The van der Waals surface area contributed by atoms with Crippen LogP contribution in [0.3, 0.4) is 0 Å². The number of nitrogens with zero attached hydrogens (tertiary/aromatic N) is 3. The number of rotatable bonds is 6. The average molecular weight is 486 g/mol. The molecule has 2 atom stereocenters. The second kappa shape index (κ2) is 8.49. The van der Waals surface area contributed by atoms with Crippen LogP contribution < -0.4 is 15.5 Å². The number of hydrogen-bond donors (Lipinski definition) is 2. The van der Waals surface area contributed by atoms with Gasteiger partial charge in [0, 0.05) is 29.6 Å². The van der Waals surface area contributed by atoms with Crippen molar-refractivity contribution in [1.82, 2.24) is 15.3 Å². The van der Waals surface area contributed by atoms with Crippen LogP contribution in [0.4, 0.5) is 16.3 Å². The van der Waals surface area contributed by atoms with Gasteiger partial charge >= 0.3 is 6.03 Å². The van der Waals surface area contributed by atoms with E-state index in [-0.39, 0.29) is 24.2 Å². The summed E-state index contributed by atoms with van der Waals surface area (Å²) in [6.45, 7) is 5.32. The Kier molecular flexibility index (Phi) is 5.76. The smallest absolute Gasteiger partial charge is 0.319 e. The summed E-state index contributed by atoms with van der Waals surface area (Å²) in [7, 11) is -3.33. The summed E-state index contributed by atoms with van der Waals surface area (Å²) >= 11 is 0. The number of aromatic nitrogens is 2. The highest BCUT2D eigenvalue weighted by molar-refractivity contribution is 7.91. The molecule has 3 fully saturated rings. The average Bonchev–Trinajstić information content (AvgIpc) is 3.68. The lowest BCUT2D eigenvalue weighted by Crippen LogP contribution is -2.50. The minimum absolute atomic E-state index is 0.101. The lowest BCUT2D eigenvalue weighted by Gasteiger charge is -2.40. The zero-order chi connectivity index (χ0) is 24.1. The van der Waals surface area contributed by atoms with Crippen molar-refractivity contribution in [2.24, 2.45) is 0 Å². The highest BCUT2D eigenvalue weighted by Crippen LogP contribution is 2.52. The van der Waals surface area contributed by atoms with E-state index < -0.39 is 14.6 Å². The van der Waals surface area contributed by atoms with E-state index in [4.69, 9.17) is 14.7 Å². The predicted molar refractivity (Wildman–Crippen MR) is 131 cm³/mol. The summed E-state index contributed by atoms with van der Waals surface area (Å²) in [5, 5.41) is 5.74. The van der Waals surface area contributed by atoms with Crippen LogP contribution in [0.15, 0.2) is 30.3 Å². The Labute approximate surface area is 200 Å². The molecule has 2 heterocycles. The third-order valence-corrected chi connectivity index (χ3v) is 8.88. The van der Waals surface area contributed by atoms with Crippen molar-refractivity contribution in [1.29, 1.82) is 0 Å². The maximum absolute atomic E-state index is 12.7. The van der Waals surface area contributed by atoms with Gasteiger partial charge in [-0.05, 0) is 63.8 Å². The first-order valence-corrected chi connectivity index (χ1v) is 13.7. The van der Waals surface area contributed by atoms with Crippen LogP contribution in [-0.2, 0) is 19.3 Å². The molecule has 1 aromatic heterocycles. The fourth-order valence-electron chi connectivity index (χ4n) is 4.60. The van der Waals surface area contributed by atoms with E-state index >= 15 is 0 Å². The Morgan fingerprint density at radius 3 is 2.29 bits per heavy atom. The number of carbonyl (C=O) groups is 1. The molecule has 9 nitrogen and oxygen atoms in total. The Bertz CT molecular complexity index is 1180. The molecule has 2 unspecified atom stereocenters. The van der Waals surface area contributed by atoms with E-state index in [1.807, 2.05) is 18.2 Å². The van der Waals surface area contributed by atoms with Crippen molar-refractivity contribution in [2.45, 2.75) is 62.4 Å². The van der Waals surface area contributed by atoms with Crippen molar-refractivity contribution >= 4 is 27.4 Å². The highest BCUT2D eigenvalue weighted by atomic mass is 32.2. The number of morpholine rings is 1. The van der Waals surface area contributed by atoms with Gasteiger partial charge in [0.2, 0.25) is 0 Å². The van der Waals surface area contributed by atoms with Gasteiger partial charge in [0.1, 0.15) is 10.6 Å². The van der Waals surface area contributed by atoms with Gasteiger partial charge in [0.25, 0.3) is 0 Å². The molecule has 5 rings (SSSR count). The quantitative estimate of drug-likeness (QED) is 0.646. The van der Waals surface area contributed by atoms with Gasteiger partial charge in [-0.25, -0.2) is 23.2 Å². The van der Waals surface area contributed by atoms with Crippen molar-refractivity contribution < 1.29 is 17.9 Å². The van der Waals surface area contributed by atoms with Crippen LogP contribution in [0.1, 0.15) is 45.2 Å². The van der Waals surface area contributed by atoms with Crippen molar-refractivity contribution in [3.05, 3.63) is 36.0 Å². The second-order valence-corrected chi connectivity index (χ2v) is 12.1. The molecule has 0 radical (unpaired) electrons. The lowest BCUT2D eigenvalue weighted by molar-refractivity contribution is 0.0752. The molecule has 0 spiro atoms. The summed E-state index contributed by atoms with van der Waals surface area (Å²) in [6.07, 6.45) is 4.47. The first kappa shape index (κ1) is 23.0. The van der Waals surface area contributed by atoms with Crippen LogP contribution in [-0.4, -0.2) is 62.0 Å². The minimum atomic E-state index is -3.33. The molecule has 2 aliphatic carbocycles.